The molecular formula is C13H21N3O3. The molecule has 0 saturated heterocycles. The molecule has 0 amide bonds. The van der Waals surface area contributed by atoms with E-state index in [0.717, 1.165) is 5.69 Å². The molecule has 19 heavy (non-hydrogen) atoms. The minimum Gasteiger partial charge on any atom is -0.477 e. The molecule has 0 aromatic carbocycles. The monoisotopic (exact) mass is 267 g/mol. The van der Waals surface area contributed by atoms with Crippen LogP contribution in [0.3, 0.4) is 0 Å². The highest BCUT2D eigenvalue weighted by molar-refractivity contribution is 5.99. The van der Waals surface area contributed by atoms with E-state index in [4.69, 9.17) is 20.4 Å². The molecule has 6 nitrogen and oxygen atoms in total. The topological polar surface area (TPSA) is 90.0 Å². The van der Waals surface area contributed by atoms with Crippen molar-refractivity contribution in [3.05, 3.63) is 23.4 Å². The van der Waals surface area contributed by atoms with Crippen LogP contribution in [0.2, 0.25) is 0 Å². The third-order valence-electron chi connectivity index (χ3n) is 2.88. The lowest BCUT2D eigenvalue weighted by molar-refractivity contribution is 0.00506. The largest absolute Gasteiger partial charge is 0.477 e. The Balaban J connectivity index is 2.80. The first kappa shape index (κ1) is 15.2. The van der Waals surface area contributed by atoms with Crippen LogP contribution in [0.4, 0.5) is 0 Å². The summed E-state index contributed by atoms with van der Waals surface area (Å²) in [4.78, 5) is 4.25. The van der Waals surface area contributed by atoms with Crippen LogP contribution in [-0.4, -0.2) is 35.3 Å². The van der Waals surface area contributed by atoms with Crippen molar-refractivity contribution >= 4 is 5.84 Å². The number of aryl methyl sites for hydroxylation is 1. The van der Waals surface area contributed by atoms with Gasteiger partial charge in [-0.15, -0.1) is 0 Å². The van der Waals surface area contributed by atoms with Crippen LogP contribution in [0.25, 0.3) is 0 Å². The molecule has 1 heterocycles. The van der Waals surface area contributed by atoms with E-state index in [0.29, 0.717) is 24.5 Å². The zero-order valence-electron chi connectivity index (χ0n) is 11.8. The normalized spacial score (nSPS) is 12.5. The quantitative estimate of drug-likeness (QED) is 0.354. The average molecular weight is 267 g/mol. The first-order chi connectivity index (χ1) is 8.89. The third kappa shape index (κ3) is 4.40. The molecular weight excluding hydrogens is 246 g/mol. The van der Waals surface area contributed by atoms with Crippen molar-refractivity contribution in [3.63, 3.8) is 0 Å². The summed E-state index contributed by atoms with van der Waals surface area (Å²) >= 11 is 0. The van der Waals surface area contributed by atoms with Crippen molar-refractivity contribution in [1.82, 2.24) is 4.98 Å². The summed E-state index contributed by atoms with van der Waals surface area (Å²) in [6, 6.07) is 3.49. The van der Waals surface area contributed by atoms with Crippen LogP contribution >= 0.6 is 0 Å². The molecule has 0 saturated carbocycles. The number of nitrogens with zero attached hydrogens (tertiary/aromatic N) is 2. The zero-order valence-corrected chi connectivity index (χ0v) is 11.8. The van der Waals surface area contributed by atoms with Crippen LogP contribution in [0.5, 0.6) is 5.88 Å². The number of amidine groups is 1. The van der Waals surface area contributed by atoms with Gasteiger partial charge in [-0.25, -0.2) is 4.98 Å². The maximum Gasteiger partial charge on any atom is 0.224 e. The lowest BCUT2D eigenvalue weighted by Gasteiger charge is -2.22. The van der Waals surface area contributed by atoms with E-state index in [1.54, 1.807) is 19.2 Å². The molecule has 0 aliphatic rings. The maximum atomic E-state index is 8.73. The highest BCUT2D eigenvalue weighted by Gasteiger charge is 2.17. The SMILES string of the molecule is COC(C)(C)CCOc1nc(C)ccc1/C(N)=N/O. The van der Waals surface area contributed by atoms with Crippen LogP contribution in [0.1, 0.15) is 31.5 Å². The van der Waals surface area contributed by atoms with E-state index in [-0.39, 0.29) is 11.4 Å². The molecule has 6 heteroatoms. The predicted molar refractivity (Wildman–Crippen MR) is 72.7 cm³/mol. The first-order valence-electron chi connectivity index (χ1n) is 6.03. The number of hydrogen-bond acceptors (Lipinski definition) is 5. The minimum atomic E-state index is -0.263. The molecule has 106 valence electrons. The number of hydrogen-bond donors (Lipinski definition) is 2. The van der Waals surface area contributed by atoms with E-state index < -0.39 is 0 Å². The Kier molecular flexibility index (Phi) is 5.11. The minimum absolute atomic E-state index is 0.0199. The maximum absolute atomic E-state index is 8.73. The number of ether oxygens (including phenoxy) is 2. The van der Waals surface area contributed by atoms with Gasteiger partial charge in [0, 0.05) is 19.2 Å². The molecule has 1 aromatic heterocycles. The molecule has 3 N–H and O–H groups in total. The number of aromatic nitrogens is 1. The molecule has 0 aliphatic heterocycles. The number of rotatable bonds is 6. The fourth-order valence-electron chi connectivity index (χ4n) is 1.39. The predicted octanol–water partition coefficient (Wildman–Crippen LogP) is 1.68. The van der Waals surface area contributed by atoms with E-state index in [1.807, 2.05) is 20.8 Å². The fourth-order valence-corrected chi connectivity index (χ4v) is 1.39. The molecule has 0 aliphatic carbocycles. The lowest BCUT2D eigenvalue weighted by Crippen LogP contribution is -2.25. The molecule has 0 unspecified atom stereocenters. The van der Waals surface area contributed by atoms with E-state index >= 15 is 0 Å². The second-order valence-corrected chi connectivity index (χ2v) is 4.85. The molecule has 0 fully saturated rings. The van der Waals surface area contributed by atoms with Gasteiger partial charge < -0.3 is 20.4 Å². The molecule has 0 radical (unpaired) electrons. The number of methoxy groups -OCH3 is 1. The van der Waals surface area contributed by atoms with Gasteiger partial charge >= 0.3 is 0 Å². The summed E-state index contributed by atoms with van der Waals surface area (Å²) in [7, 11) is 1.66. The van der Waals surface area contributed by atoms with Gasteiger partial charge in [0.2, 0.25) is 5.88 Å². The van der Waals surface area contributed by atoms with E-state index in [2.05, 4.69) is 10.1 Å². The van der Waals surface area contributed by atoms with Crippen molar-refractivity contribution in [1.29, 1.82) is 0 Å². The Morgan fingerprint density at radius 2 is 2.16 bits per heavy atom. The zero-order chi connectivity index (χ0) is 14.5. The summed E-state index contributed by atoms with van der Waals surface area (Å²) in [6.07, 6.45) is 0.703. The van der Waals surface area contributed by atoms with Gasteiger partial charge in [-0.2, -0.15) is 0 Å². The smallest absolute Gasteiger partial charge is 0.224 e. The van der Waals surface area contributed by atoms with E-state index in [9.17, 15) is 0 Å². The van der Waals surface area contributed by atoms with Crippen LogP contribution < -0.4 is 10.5 Å². The Hall–Kier alpha value is -1.82. The van der Waals surface area contributed by atoms with Crippen molar-refractivity contribution in [2.45, 2.75) is 32.8 Å². The van der Waals surface area contributed by atoms with Crippen molar-refractivity contribution in [2.24, 2.45) is 10.9 Å². The lowest BCUT2D eigenvalue weighted by atomic mass is 10.1. The van der Waals surface area contributed by atoms with Crippen molar-refractivity contribution in [3.8, 4) is 5.88 Å². The Labute approximate surface area is 113 Å². The van der Waals surface area contributed by atoms with Gasteiger partial charge in [0.15, 0.2) is 5.84 Å². The van der Waals surface area contributed by atoms with Gasteiger partial charge in [-0.05, 0) is 32.9 Å². The molecule has 0 atom stereocenters. The summed E-state index contributed by atoms with van der Waals surface area (Å²) in [5, 5.41) is 11.7. The first-order valence-corrected chi connectivity index (χ1v) is 6.03. The highest BCUT2D eigenvalue weighted by Crippen LogP contribution is 2.18. The van der Waals surface area contributed by atoms with E-state index in [1.165, 1.54) is 0 Å². The van der Waals surface area contributed by atoms with Crippen LogP contribution in [0.15, 0.2) is 17.3 Å². The number of pyridine rings is 1. The molecule has 1 aromatic rings. The highest BCUT2D eigenvalue weighted by atomic mass is 16.5. The van der Waals surface area contributed by atoms with Gasteiger partial charge in [-0.3, -0.25) is 0 Å². The van der Waals surface area contributed by atoms with Crippen molar-refractivity contribution < 1.29 is 14.7 Å². The molecule has 0 bridgehead atoms. The third-order valence-corrected chi connectivity index (χ3v) is 2.88. The van der Waals surface area contributed by atoms with Gasteiger partial charge in [-0.1, -0.05) is 5.16 Å². The van der Waals surface area contributed by atoms with Crippen LogP contribution in [0, 0.1) is 6.92 Å². The summed E-state index contributed by atoms with van der Waals surface area (Å²) < 4.78 is 10.9. The second kappa shape index (κ2) is 6.38. The van der Waals surface area contributed by atoms with Gasteiger partial charge in [0.25, 0.3) is 0 Å². The summed E-state index contributed by atoms with van der Waals surface area (Å²) in [6.45, 7) is 6.24. The number of oxime groups is 1. The molecule has 0 spiro atoms. The van der Waals surface area contributed by atoms with Crippen molar-refractivity contribution in [2.75, 3.05) is 13.7 Å². The van der Waals surface area contributed by atoms with Gasteiger partial charge in [0.05, 0.1) is 17.8 Å². The molecule has 1 rings (SSSR count). The standard InChI is InChI=1S/C13H21N3O3/c1-9-5-6-10(11(14)16-17)12(15-9)19-8-7-13(2,3)18-4/h5-6,17H,7-8H2,1-4H3,(H2,14,16). The number of nitrogens with two attached hydrogens (primary N) is 1. The Morgan fingerprint density at radius 1 is 1.47 bits per heavy atom. The van der Waals surface area contributed by atoms with Crippen LogP contribution in [-0.2, 0) is 4.74 Å². The summed E-state index contributed by atoms with van der Waals surface area (Å²) in [5.74, 6) is 0.343. The Bertz CT molecular complexity index is 458. The average Bonchev–Trinajstić information content (AvgIpc) is 2.38. The fraction of sp³-hybridized carbons (Fsp3) is 0.538. The Morgan fingerprint density at radius 3 is 2.74 bits per heavy atom. The second-order valence-electron chi connectivity index (χ2n) is 4.85. The summed E-state index contributed by atoms with van der Waals surface area (Å²) in [5.41, 5.74) is 6.60. The van der Waals surface area contributed by atoms with Gasteiger partial charge in [0.1, 0.15) is 0 Å².